The number of benzene rings is 3. The van der Waals surface area contributed by atoms with Crippen LogP contribution in [0.25, 0.3) is 0 Å². The molecule has 162 valence electrons. The Morgan fingerprint density at radius 2 is 1.72 bits per heavy atom. The highest BCUT2D eigenvalue weighted by Crippen LogP contribution is 2.50. The number of piperidine rings is 1. The van der Waals surface area contributed by atoms with Crippen LogP contribution in [-0.2, 0) is 16.1 Å². The van der Waals surface area contributed by atoms with Gasteiger partial charge in [0.1, 0.15) is 11.7 Å². The Hall–Kier alpha value is -3.60. The molecule has 1 fully saturated rings. The number of ether oxygens (including phenoxy) is 1. The lowest BCUT2D eigenvalue weighted by Gasteiger charge is -2.52. The predicted octanol–water partition coefficient (Wildman–Crippen LogP) is 4.87. The van der Waals surface area contributed by atoms with Crippen molar-refractivity contribution in [3.63, 3.8) is 0 Å². The molecule has 3 aromatic rings. The molecule has 0 spiro atoms. The van der Waals surface area contributed by atoms with Crippen molar-refractivity contribution in [3.05, 3.63) is 95.6 Å². The maximum atomic E-state index is 13.8. The van der Waals surface area contributed by atoms with E-state index in [0.29, 0.717) is 18.7 Å². The van der Waals surface area contributed by atoms with E-state index in [0.717, 1.165) is 22.4 Å². The van der Waals surface area contributed by atoms with Gasteiger partial charge in [-0.1, -0.05) is 66.2 Å². The van der Waals surface area contributed by atoms with Crippen LogP contribution in [0.15, 0.2) is 78.9 Å². The minimum Gasteiger partial charge on any atom is -0.468 e. The van der Waals surface area contributed by atoms with E-state index in [1.807, 2.05) is 92.7 Å². The third-order valence-electron chi connectivity index (χ3n) is 6.54. The van der Waals surface area contributed by atoms with Crippen molar-refractivity contribution in [3.8, 4) is 5.75 Å². The van der Waals surface area contributed by atoms with E-state index in [4.69, 9.17) is 4.74 Å². The third kappa shape index (κ3) is 3.54. The van der Waals surface area contributed by atoms with Gasteiger partial charge >= 0.3 is 0 Å². The topological polar surface area (TPSA) is 58.6 Å². The lowest BCUT2D eigenvalue weighted by atomic mass is 9.73. The molecule has 5 nitrogen and oxygen atoms in total. The van der Waals surface area contributed by atoms with Gasteiger partial charge in [-0.3, -0.25) is 14.5 Å². The van der Waals surface area contributed by atoms with Gasteiger partial charge in [0.15, 0.2) is 5.72 Å². The monoisotopic (exact) mass is 426 g/mol. The van der Waals surface area contributed by atoms with Gasteiger partial charge in [0.25, 0.3) is 0 Å². The molecule has 1 N–H and O–H groups in total. The van der Waals surface area contributed by atoms with Crippen molar-refractivity contribution in [2.24, 2.45) is 5.92 Å². The molecular formula is C27H26N2O3. The highest BCUT2D eigenvalue weighted by Gasteiger charge is 2.56. The molecule has 0 unspecified atom stereocenters. The number of likely N-dealkylation sites (tertiary alicyclic amines) is 1. The second-order valence-corrected chi connectivity index (χ2v) is 8.87. The largest absolute Gasteiger partial charge is 0.468 e. The summed E-state index contributed by atoms with van der Waals surface area (Å²) in [6.45, 7) is 4.34. The SMILES string of the molecule is Cc1ccc(NC(=O)[C@H]2C(=O)N(Cc3ccccc3)[C@@]3(C)C[C@H]2c2ccccc2O3)cc1. The van der Waals surface area contributed by atoms with Crippen LogP contribution in [0.3, 0.4) is 0 Å². The molecule has 3 aromatic carbocycles. The third-order valence-corrected chi connectivity index (χ3v) is 6.54. The zero-order valence-electron chi connectivity index (χ0n) is 18.2. The van der Waals surface area contributed by atoms with Gasteiger partial charge in [0.2, 0.25) is 11.8 Å². The summed E-state index contributed by atoms with van der Waals surface area (Å²) in [5, 5.41) is 2.97. The van der Waals surface area contributed by atoms with E-state index < -0.39 is 11.6 Å². The standard InChI is InChI=1S/C27H26N2O3/c1-18-12-14-20(15-13-18)28-25(30)24-22-16-27(2,32-23-11-7-6-10-21(22)23)29(26(24)31)17-19-8-4-3-5-9-19/h3-15,22,24H,16-17H2,1-2H3,(H,28,30)/t22-,24-,27+/m0/s1. The van der Waals surface area contributed by atoms with Gasteiger partial charge in [0, 0.05) is 24.6 Å². The number of amides is 2. The number of hydrogen-bond donors (Lipinski definition) is 1. The molecule has 2 aliphatic heterocycles. The lowest BCUT2D eigenvalue weighted by molar-refractivity contribution is -0.177. The number of fused-ring (bicyclic) bond motifs is 4. The van der Waals surface area contributed by atoms with Crippen molar-refractivity contribution in [2.45, 2.75) is 38.5 Å². The summed E-state index contributed by atoms with van der Waals surface area (Å²) in [7, 11) is 0. The van der Waals surface area contributed by atoms with Crippen molar-refractivity contribution >= 4 is 17.5 Å². The van der Waals surface area contributed by atoms with Crippen molar-refractivity contribution in [2.75, 3.05) is 5.32 Å². The first-order chi connectivity index (χ1) is 15.4. The average molecular weight is 427 g/mol. The zero-order valence-corrected chi connectivity index (χ0v) is 18.2. The fraction of sp³-hybridized carbons (Fsp3) is 0.259. The number of aryl methyl sites for hydroxylation is 1. The molecule has 2 heterocycles. The van der Waals surface area contributed by atoms with E-state index in [9.17, 15) is 9.59 Å². The summed E-state index contributed by atoms with van der Waals surface area (Å²) in [6.07, 6.45) is 0.564. The quantitative estimate of drug-likeness (QED) is 0.605. The summed E-state index contributed by atoms with van der Waals surface area (Å²) in [4.78, 5) is 29.0. The van der Waals surface area contributed by atoms with Crippen molar-refractivity contribution in [1.82, 2.24) is 4.90 Å². The van der Waals surface area contributed by atoms with Crippen LogP contribution >= 0.6 is 0 Å². The first-order valence-corrected chi connectivity index (χ1v) is 11.0. The van der Waals surface area contributed by atoms with Crippen LogP contribution < -0.4 is 10.1 Å². The summed E-state index contributed by atoms with van der Waals surface area (Å²) < 4.78 is 6.38. The highest BCUT2D eigenvalue weighted by molar-refractivity contribution is 6.08. The number of nitrogens with zero attached hydrogens (tertiary/aromatic N) is 1. The molecular weight excluding hydrogens is 400 g/mol. The average Bonchev–Trinajstić information content (AvgIpc) is 2.79. The lowest BCUT2D eigenvalue weighted by Crippen LogP contribution is -2.63. The fourth-order valence-corrected chi connectivity index (χ4v) is 4.88. The van der Waals surface area contributed by atoms with E-state index >= 15 is 0 Å². The second kappa shape index (κ2) is 7.83. The Balaban J connectivity index is 1.53. The molecule has 0 saturated carbocycles. The minimum absolute atomic E-state index is 0.202. The molecule has 5 rings (SSSR count). The van der Waals surface area contributed by atoms with Crippen LogP contribution in [0.5, 0.6) is 5.75 Å². The summed E-state index contributed by atoms with van der Waals surface area (Å²) in [5.74, 6) is -0.801. The first-order valence-electron chi connectivity index (χ1n) is 11.0. The molecule has 2 amide bonds. The number of nitrogens with one attached hydrogen (secondary N) is 1. The number of carbonyl (C=O) groups excluding carboxylic acids is 2. The molecule has 2 bridgehead atoms. The molecule has 5 heteroatoms. The molecule has 0 aliphatic carbocycles. The molecule has 3 atom stereocenters. The predicted molar refractivity (Wildman–Crippen MR) is 123 cm³/mol. The maximum absolute atomic E-state index is 13.8. The molecule has 0 radical (unpaired) electrons. The van der Waals surface area contributed by atoms with Crippen molar-refractivity contribution < 1.29 is 14.3 Å². The van der Waals surface area contributed by atoms with E-state index in [-0.39, 0.29) is 17.7 Å². The van der Waals surface area contributed by atoms with Gasteiger partial charge in [-0.25, -0.2) is 0 Å². The van der Waals surface area contributed by atoms with Gasteiger partial charge in [-0.05, 0) is 43.2 Å². The van der Waals surface area contributed by atoms with Gasteiger partial charge in [0.05, 0.1) is 0 Å². The first kappa shape index (κ1) is 20.3. The summed E-state index contributed by atoms with van der Waals surface area (Å²) in [6, 6.07) is 25.2. The fourth-order valence-electron chi connectivity index (χ4n) is 4.88. The van der Waals surface area contributed by atoms with Crippen LogP contribution in [-0.4, -0.2) is 22.4 Å². The van der Waals surface area contributed by atoms with E-state index in [2.05, 4.69) is 5.32 Å². The maximum Gasteiger partial charge on any atom is 0.239 e. The van der Waals surface area contributed by atoms with Crippen LogP contribution in [0.1, 0.15) is 36.0 Å². The normalized spacial score (nSPS) is 23.8. The number of para-hydroxylation sites is 1. The van der Waals surface area contributed by atoms with E-state index in [1.54, 1.807) is 4.90 Å². The molecule has 1 saturated heterocycles. The Morgan fingerprint density at radius 3 is 2.47 bits per heavy atom. The summed E-state index contributed by atoms with van der Waals surface area (Å²) in [5.41, 5.74) is 2.91. The Morgan fingerprint density at radius 1 is 1.03 bits per heavy atom. The molecule has 0 aromatic heterocycles. The summed E-state index contributed by atoms with van der Waals surface area (Å²) >= 11 is 0. The number of carbonyl (C=O) groups is 2. The second-order valence-electron chi connectivity index (χ2n) is 8.87. The molecule has 32 heavy (non-hydrogen) atoms. The Kier molecular flexibility index (Phi) is 4.97. The van der Waals surface area contributed by atoms with Crippen molar-refractivity contribution in [1.29, 1.82) is 0 Å². The Bertz CT molecular complexity index is 1160. The van der Waals surface area contributed by atoms with Gasteiger partial charge in [-0.15, -0.1) is 0 Å². The number of rotatable bonds is 4. The smallest absolute Gasteiger partial charge is 0.239 e. The minimum atomic E-state index is -0.821. The van der Waals surface area contributed by atoms with Crippen LogP contribution in [0.2, 0.25) is 0 Å². The van der Waals surface area contributed by atoms with Gasteiger partial charge < -0.3 is 10.1 Å². The van der Waals surface area contributed by atoms with E-state index in [1.165, 1.54) is 0 Å². The van der Waals surface area contributed by atoms with Crippen LogP contribution in [0.4, 0.5) is 5.69 Å². The number of hydrogen-bond acceptors (Lipinski definition) is 3. The van der Waals surface area contributed by atoms with Gasteiger partial charge in [-0.2, -0.15) is 0 Å². The Labute approximate surface area is 188 Å². The number of anilines is 1. The zero-order chi connectivity index (χ0) is 22.3. The van der Waals surface area contributed by atoms with Crippen LogP contribution in [0, 0.1) is 12.8 Å². The highest BCUT2D eigenvalue weighted by atomic mass is 16.5. The molecule has 2 aliphatic rings.